The monoisotopic (exact) mass is 344 g/mol. The van der Waals surface area contributed by atoms with Crippen molar-refractivity contribution in [1.82, 2.24) is 20.1 Å². The van der Waals surface area contributed by atoms with Gasteiger partial charge < -0.3 is 14.4 Å². The Morgan fingerprint density at radius 1 is 1.24 bits per heavy atom. The number of rotatable bonds is 6. The lowest BCUT2D eigenvalue weighted by Crippen LogP contribution is -2.04. The van der Waals surface area contributed by atoms with Gasteiger partial charge in [-0.15, -0.1) is 0 Å². The summed E-state index contributed by atoms with van der Waals surface area (Å²) in [5.41, 5.74) is 2.16. The van der Waals surface area contributed by atoms with Crippen LogP contribution in [0.4, 0.5) is 4.39 Å². The Morgan fingerprint density at radius 3 is 2.68 bits per heavy atom. The molecule has 0 saturated carbocycles. The maximum atomic E-state index is 13.1. The number of aryl methyl sites for hydroxylation is 1. The van der Waals surface area contributed by atoms with Crippen molar-refractivity contribution in [2.45, 2.75) is 20.2 Å². The molecule has 0 fully saturated rings. The maximum absolute atomic E-state index is 13.1. The fourth-order valence-corrected chi connectivity index (χ4v) is 2.08. The van der Waals surface area contributed by atoms with Gasteiger partial charge in [0.2, 0.25) is 5.88 Å². The number of carboxylic acids is 1. The number of hydrogen-bond donors (Lipinski definition) is 1. The number of hydrogen-bond acceptors (Lipinski definition) is 7. The molecule has 0 saturated heterocycles. The molecule has 8 nitrogen and oxygen atoms in total. The van der Waals surface area contributed by atoms with Gasteiger partial charge in [0.05, 0.1) is 18.0 Å². The molecule has 0 aliphatic rings. The molecule has 0 atom stereocenters. The van der Waals surface area contributed by atoms with Crippen LogP contribution < -0.4 is 4.74 Å². The Balaban J connectivity index is 1.82. The molecular formula is C16H13FN4O4. The third-order valence-electron chi connectivity index (χ3n) is 3.39. The van der Waals surface area contributed by atoms with Gasteiger partial charge in [0, 0.05) is 17.5 Å². The van der Waals surface area contributed by atoms with E-state index in [1.165, 1.54) is 6.20 Å². The largest absolute Gasteiger partial charge is 0.476 e. The molecule has 0 aliphatic heterocycles. The first kappa shape index (κ1) is 16.5. The van der Waals surface area contributed by atoms with Crippen LogP contribution in [0, 0.1) is 6.92 Å². The molecule has 128 valence electrons. The minimum Gasteiger partial charge on any atom is -0.476 e. The van der Waals surface area contributed by atoms with Gasteiger partial charge >= 0.3 is 5.97 Å². The summed E-state index contributed by atoms with van der Waals surface area (Å²) in [5.74, 6) is -1.04. The molecule has 9 heteroatoms. The molecule has 3 aromatic heterocycles. The smallest absolute Gasteiger partial charge is 0.356 e. The number of carboxylic acid groups (broad SMARTS) is 1. The van der Waals surface area contributed by atoms with Crippen LogP contribution in [0.2, 0.25) is 0 Å². The van der Waals surface area contributed by atoms with Gasteiger partial charge in [0.1, 0.15) is 12.3 Å². The van der Waals surface area contributed by atoms with Crippen molar-refractivity contribution in [1.29, 1.82) is 0 Å². The van der Waals surface area contributed by atoms with Gasteiger partial charge in [-0.2, -0.15) is 0 Å². The van der Waals surface area contributed by atoms with Gasteiger partial charge in [-0.3, -0.25) is 4.98 Å². The summed E-state index contributed by atoms with van der Waals surface area (Å²) in [4.78, 5) is 22.5. The van der Waals surface area contributed by atoms with Crippen molar-refractivity contribution in [2.75, 3.05) is 0 Å². The van der Waals surface area contributed by atoms with Gasteiger partial charge in [0.25, 0.3) is 0 Å². The number of carbonyl (C=O) groups is 1. The van der Waals surface area contributed by atoms with Crippen LogP contribution in [-0.4, -0.2) is 31.2 Å². The zero-order valence-electron chi connectivity index (χ0n) is 13.1. The quantitative estimate of drug-likeness (QED) is 0.726. The minimum absolute atomic E-state index is 0.0469. The fourth-order valence-electron chi connectivity index (χ4n) is 2.08. The molecular weight excluding hydrogens is 331 g/mol. The van der Waals surface area contributed by atoms with Crippen molar-refractivity contribution in [3.63, 3.8) is 0 Å². The van der Waals surface area contributed by atoms with Crippen LogP contribution in [0.15, 0.2) is 35.2 Å². The number of pyridine rings is 1. The van der Waals surface area contributed by atoms with E-state index in [0.29, 0.717) is 16.8 Å². The van der Waals surface area contributed by atoms with E-state index < -0.39 is 12.6 Å². The first-order valence-electron chi connectivity index (χ1n) is 7.23. The van der Waals surface area contributed by atoms with Crippen molar-refractivity contribution in [2.24, 2.45) is 0 Å². The van der Waals surface area contributed by atoms with Gasteiger partial charge in [-0.25, -0.2) is 19.2 Å². The molecule has 0 bridgehead atoms. The number of nitrogens with zero attached hydrogens (tertiary/aromatic N) is 4. The lowest BCUT2D eigenvalue weighted by atomic mass is 10.1. The summed E-state index contributed by atoms with van der Waals surface area (Å²) in [6.07, 6.45) is 3.87. The Kier molecular flexibility index (Phi) is 4.64. The Morgan fingerprint density at radius 2 is 2.08 bits per heavy atom. The van der Waals surface area contributed by atoms with E-state index in [1.807, 2.05) is 6.92 Å². The molecule has 0 radical (unpaired) electrons. The Bertz CT molecular complexity index is 878. The molecule has 3 aromatic rings. The van der Waals surface area contributed by atoms with Crippen molar-refractivity contribution in [3.05, 3.63) is 53.4 Å². The van der Waals surface area contributed by atoms with Crippen LogP contribution in [0.5, 0.6) is 5.88 Å². The fraction of sp³-hybridized carbons (Fsp3) is 0.188. The first-order chi connectivity index (χ1) is 12.1. The number of ether oxygens (including phenoxy) is 1. The van der Waals surface area contributed by atoms with E-state index in [1.54, 1.807) is 18.3 Å². The van der Waals surface area contributed by atoms with Crippen LogP contribution in [0.3, 0.4) is 0 Å². The van der Waals surface area contributed by atoms with Crippen molar-refractivity contribution in [3.8, 4) is 17.1 Å². The zero-order chi connectivity index (χ0) is 17.8. The number of alkyl halides is 1. The molecule has 25 heavy (non-hydrogen) atoms. The van der Waals surface area contributed by atoms with Crippen LogP contribution in [-0.2, 0) is 13.3 Å². The summed E-state index contributed by atoms with van der Waals surface area (Å²) in [5, 5.41) is 12.7. The molecule has 3 heterocycles. The molecule has 3 rings (SSSR count). The standard InChI is InChI=1S/C16H13FN4O4/c1-9-2-3-10(5-18-9)15-11(13(4-17)25-21-15)8-24-14-7-19-12(6-20-14)16(22)23/h2-3,5-7H,4,8H2,1H3,(H,22,23). The highest BCUT2D eigenvalue weighted by molar-refractivity contribution is 5.84. The predicted molar refractivity (Wildman–Crippen MR) is 82.6 cm³/mol. The predicted octanol–water partition coefficient (Wildman–Crippen LogP) is 2.58. The molecule has 0 aromatic carbocycles. The van der Waals surface area contributed by atoms with Crippen molar-refractivity contribution >= 4 is 5.97 Å². The Labute approximate surface area is 141 Å². The second-order valence-corrected chi connectivity index (χ2v) is 5.09. The third-order valence-corrected chi connectivity index (χ3v) is 3.39. The second kappa shape index (κ2) is 7.04. The SMILES string of the molecule is Cc1ccc(-c2noc(CF)c2COc2cnc(C(=O)O)cn2)cn1. The lowest BCUT2D eigenvalue weighted by molar-refractivity contribution is 0.0689. The van der Waals surface area contributed by atoms with Gasteiger partial charge in [0.15, 0.2) is 18.1 Å². The highest BCUT2D eigenvalue weighted by Gasteiger charge is 2.19. The van der Waals surface area contributed by atoms with E-state index in [-0.39, 0.29) is 23.9 Å². The second-order valence-electron chi connectivity index (χ2n) is 5.09. The third kappa shape index (κ3) is 3.60. The molecule has 0 unspecified atom stereocenters. The average Bonchev–Trinajstić information content (AvgIpc) is 3.04. The maximum Gasteiger partial charge on any atom is 0.356 e. The van der Waals surface area contributed by atoms with Crippen LogP contribution in [0.1, 0.15) is 27.5 Å². The summed E-state index contributed by atoms with van der Waals surface area (Å²) in [6, 6.07) is 3.60. The van der Waals surface area contributed by atoms with E-state index in [4.69, 9.17) is 14.4 Å². The molecule has 0 amide bonds. The Hall–Kier alpha value is -3.36. The summed E-state index contributed by atoms with van der Waals surface area (Å²) >= 11 is 0. The summed E-state index contributed by atoms with van der Waals surface area (Å²) in [7, 11) is 0. The minimum atomic E-state index is -1.19. The van der Waals surface area contributed by atoms with Gasteiger partial charge in [-0.05, 0) is 19.1 Å². The van der Waals surface area contributed by atoms with Crippen LogP contribution >= 0.6 is 0 Å². The van der Waals surface area contributed by atoms with E-state index in [9.17, 15) is 9.18 Å². The van der Waals surface area contributed by atoms with E-state index in [2.05, 4.69) is 20.1 Å². The molecule has 0 spiro atoms. The highest BCUT2D eigenvalue weighted by Crippen LogP contribution is 2.27. The lowest BCUT2D eigenvalue weighted by Gasteiger charge is -2.06. The van der Waals surface area contributed by atoms with Gasteiger partial charge in [-0.1, -0.05) is 5.16 Å². The van der Waals surface area contributed by atoms with E-state index in [0.717, 1.165) is 11.9 Å². The van der Waals surface area contributed by atoms with Crippen LogP contribution in [0.25, 0.3) is 11.3 Å². The average molecular weight is 344 g/mol. The number of aromatic carboxylic acids is 1. The van der Waals surface area contributed by atoms with E-state index >= 15 is 0 Å². The van der Waals surface area contributed by atoms with Crippen molar-refractivity contribution < 1.29 is 23.6 Å². The summed E-state index contributed by atoms with van der Waals surface area (Å²) < 4.78 is 23.6. The summed E-state index contributed by atoms with van der Waals surface area (Å²) in [6.45, 7) is 0.949. The first-order valence-corrected chi connectivity index (χ1v) is 7.23. The zero-order valence-corrected chi connectivity index (χ0v) is 13.1. The molecule has 1 N–H and O–H groups in total. The number of aromatic nitrogens is 4. The normalized spacial score (nSPS) is 10.6. The number of halogens is 1. The topological polar surface area (TPSA) is 111 Å². The molecule has 0 aliphatic carbocycles. The highest BCUT2D eigenvalue weighted by atomic mass is 19.1.